The van der Waals surface area contributed by atoms with E-state index < -0.39 is 22.5 Å². The molecule has 3 aromatic carbocycles. The lowest BCUT2D eigenvalue weighted by molar-refractivity contribution is -0.119. The molecule has 0 aliphatic heterocycles. The van der Waals surface area contributed by atoms with Crippen molar-refractivity contribution in [2.45, 2.75) is 11.8 Å². The third kappa shape index (κ3) is 6.63. The number of halogens is 1. The van der Waals surface area contributed by atoms with Crippen molar-refractivity contribution >= 4 is 33.2 Å². The third-order valence-corrected chi connectivity index (χ3v) is 6.77. The summed E-state index contributed by atoms with van der Waals surface area (Å²) in [6.07, 6.45) is 0. The number of rotatable bonds is 10. The van der Waals surface area contributed by atoms with E-state index in [2.05, 4.69) is 5.32 Å². The summed E-state index contributed by atoms with van der Waals surface area (Å²) in [7, 11) is -2.41. The summed E-state index contributed by atoms with van der Waals surface area (Å²) in [5, 5.41) is 3.06. The zero-order valence-electron chi connectivity index (χ0n) is 18.3. The SMILES string of the molecule is COc1ccc(OCCNC(=O)CN(c2cccc(Cl)c2)S(=O)(=O)c2ccc(C)cc2)cc1. The highest BCUT2D eigenvalue weighted by Gasteiger charge is 2.27. The minimum atomic E-state index is -3.99. The molecule has 174 valence electrons. The molecule has 0 spiro atoms. The number of carbonyl (C=O) groups excluding carboxylic acids is 1. The van der Waals surface area contributed by atoms with Crippen molar-refractivity contribution in [1.82, 2.24) is 5.32 Å². The topological polar surface area (TPSA) is 84.9 Å². The van der Waals surface area contributed by atoms with Crippen LogP contribution in [0.25, 0.3) is 0 Å². The molecule has 0 aliphatic rings. The summed E-state index contributed by atoms with van der Waals surface area (Å²) in [5.74, 6) is 0.878. The number of nitrogens with zero attached hydrogens (tertiary/aromatic N) is 1. The van der Waals surface area contributed by atoms with E-state index in [1.54, 1.807) is 61.7 Å². The van der Waals surface area contributed by atoms with E-state index >= 15 is 0 Å². The largest absolute Gasteiger partial charge is 0.497 e. The minimum Gasteiger partial charge on any atom is -0.497 e. The second-order valence-electron chi connectivity index (χ2n) is 7.18. The Balaban J connectivity index is 1.68. The van der Waals surface area contributed by atoms with E-state index in [0.717, 1.165) is 9.87 Å². The van der Waals surface area contributed by atoms with Crippen LogP contribution in [0.2, 0.25) is 5.02 Å². The fraction of sp³-hybridized carbons (Fsp3) is 0.208. The van der Waals surface area contributed by atoms with E-state index in [0.29, 0.717) is 22.2 Å². The predicted octanol–water partition coefficient (Wildman–Crippen LogP) is 4.05. The van der Waals surface area contributed by atoms with E-state index in [9.17, 15) is 13.2 Å². The Morgan fingerprint density at radius 3 is 2.30 bits per heavy atom. The maximum absolute atomic E-state index is 13.3. The summed E-state index contributed by atoms with van der Waals surface area (Å²) in [5.41, 5.74) is 1.23. The average molecular weight is 489 g/mol. The van der Waals surface area contributed by atoms with Crippen LogP contribution in [0, 0.1) is 6.92 Å². The number of carbonyl (C=O) groups is 1. The molecule has 3 rings (SSSR count). The zero-order chi connectivity index (χ0) is 23.8. The molecule has 0 aliphatic carbocycles. The van der Waals surface area contributed by atoms with Crippen LogP contribution < -0.4 is 19.1 Å². The number of nitrogens with one attached hydrogen (secondary N) is 1. The van der Waals surface area contributed by atoms with Crippen LogP contribution in [0.5, 0.6) is 11.5 Å². The van der Waals surface area contributed by atoms with Gasteiger partial charge >= 0.3 is 0 Å². The highest BCUT2D eigenvalue weighted by molar-refractivity contribution is 7.92. The van der Waals surface area contributed by atoms with Crippen LogP contribution in [0.4, 0.5) is 5.69 Å². The smallest absolute Gasteiger partial charge is 0.264 e. The van der Waals surface area contributed by atoms with Crippen LogP contribution in [-0.2, 0) is 14.8 Å². The first-order chi connectivity index (χ1) is 15.8. The molecule has 0 saturated heterocycles. The van der Waals surface area contributed by atoms with Crippen molar-refractivity contribution < 1.29 is 22.7 Å². The monoisotopic (exact) mass is 488 g/mol. The molecular formula is C24H25ClN2O5S. The van der Waals surface area contributed by atoms with Crippen LogP contribution in [0.1, 0.15) is 5.56 Å². The second kappa shape index (κ2) is 11.1. The van der Waals surface area contributed by atoms with Crippen molar-refractivity contribution in [3.63, 3.8) is 0 Å². The Kier molecular flexibility index (Phi) is 8.19. The molecule has 0 atom stereocenters. The molecule has 0 heterocycles. The van der Waals surface area contributed by atoms with Gasteiger partial charge in [-0.25, -0.2) is 8.42 Å². The van der Waals surface area contributed by atoms with Gasteiger partial charge in [-0.2, -0.15) is 0 Å². The molecule has 0 bridgehead atoms. The number of benzene rings is 3. The molecule has 3 aromatic rings. The Morgan fingerprint density at radius 2 is 1.67 bits per heavy atom. The first-order valence-electron chi connectivity index (χ1n) is 10.2. The van der Waals surface area contributed by atoms with Gasteiger partial charge in [-0.05, 0) is 61.5 Å². The molecule has 0 aromatic heterocycles. The average Bonchev–Trinajstić information content (AvgIpc) is 2.81. The number of ether oxygens (including phenoxy) is 2. The highest BCUT2D eigenvalue weighted by atomic mass is 35.5. The van der Waals surface area contributed by atoms with Crippen LogP contribution in [-0.4, -0.2) is 41.1 Å². The molecule has 0 radical (unpaired) electrons. The number of hydrogen-bond donors (Lipinski definition) is 1. The van der Waals surface area contributed by atoms with Crippen molar-refractivity contribution in [1.29, 1.82) is 0 Å². The van der Waals surface area contributed by atoms with Gasteiger partial charge in [-0.15, -0.1) is 0 Å². The zero-order valence-corrected chi connectivity index (χ0v) is 19.9. The molecule has 9 heteroatoms. The number of amides is 1. The van der Waals surface area contributed by atoms with E-state index in [4.69, 9.17) is 21.1 Å². The Labute approximate surface area is 198 Å². The number of hydrogen-bond acceptors (Lipinski definition) is 5. The summed E-state index contributed by atoms with van der Waals surface area (Å²) >= 11 is 6.08. The van der Waals surface area contributed by atoms with Gasteiger partial charge in [0.25, 0.3) is 10.0 Å². The van der Waals surface area contributed by atoms with Crippen LogP contribution >= 0.6 is 11.6 Å². The number of sulfonamides is 1. The van der Waals surface area contributed by atoms with Crippen LogP contribution in [0.15, 0.2) is 77.7 Å². The normalized spacial score (nSPS) is 11.0. The number of aryl methyl sites for hydroxylation is 1. The van der Waals surface area contributed by atoms with E-state index in [1.165, 1.54) is 18.2 Å². The Hall–Kier alpha value is -3.23. The van der Waals surface area contributed by atoms with Crippen molar-refractivity contribution in [3.8, 4) is 11.5 Å². The van der Waals surface area contributed by atoms with E-state index in [1.807, 2.05) is 6.92 Å². The quantitative estimate of drug-likeness (QED) is 0.435. The first kappa shape index (κ1) is 24.4. The number of anilines is 1. The second-order valence-corrected chi connectivity index (χ2v) is 9.48. The van der Waals surface area contributed by atoms with Crippen LogP contribution in [0.3, 0.4) is 0 Å². The maximum atomic E-state index is 13.3. The van der Waals surface area contributed by atoms with Gasteiger partial charge in [0, 0.05) is 5.02 Å². The molecule has 1 amide bonds. The number of methoxy groups -OCH3 is 1. The summed E-state index contributed by atoms with van der Waals surface area (Å²) in [6.45, 7) is 1.89. The molecule has 0 unspecified atom stereocenters. The molecule has 1 N–H and O–H groups in total. The fourth-order valence-corrected chi connectivity index (χ4v) is 4.60. The molecule has 0 fully saturated rings. The lowest BCUT2D eigenvalue weighted by Crippen LogP contribution is -2.41. The van der Waals surface area contributed by atoms with Gasteiger partial charge in [0.2, 0.25) is 5.91 Å². The van der Waals surface area contributed by atoms with Crippen molar-refractivity contribution in [2.75, 3.05) is 31.1 Å². The molecule has 0 saturated carbocycles. The highest BCUT2D eigenvalue weighted by Crippen LogP contribution is 2.26. The van der Waals surface area contributed by atoms with Gasteiger partial charge < -0.3 is 14.8 Å². The van der Waals surface area contributed by atoms with Gasteiger partial charge in [0.15, 0.2) is 0 Å². The standard InChI is InChI=1S/C24H25ClN2O5S/c1-18-6-12-23(13-7-18)33(29,30)27(20-5-3-4-19(25)16-20)17-24(28)26-14-15-32-22-10-8-21(31-2)9-11-22/h3-13,16H,14-15,17H2,1-2H3,(H,26,28). The van der Waals surface area contributed by atoms with E-state index in [-0.39, 0.29) is 18.0 Å². The lowest BCUT2D eigenvalue weighted by atomic mass is 10.2. The van der Waals surface area contributed by atoms with Gasteiger partial charge in [-0.1, -0.05) is 35.4 Å². The lowest BCUT2D eigenvalue weighted by Gasteiger charge is -2.24. The summed E-state index contributed by atoms with van der Waals surface area (Å²) in [6, 6.07) is 19.9. The molecule has 33 heavy (non-hydrogen) atoms. The van der Waals surface area contributed by atoms with Crippen molar-refractivity contribution in [3.05, 3.63) is 83.4 Å². The molecular weight excluding hydrogens is 464 g/mol. The van der Waals surface area contributed by atoms with Gasteiger partial charge in [0.05, 0.1) is 24.2 Å². The Morgan fingerprint density at radius 1 is 1.00 bits per heavy atom. The minimum absolute atomic E-state index is 0.0868. The maximum Gasteiger partial charge on any atom is 0.264 e. The third-order valence-electron chi connectivity index (χ3n) is 4.74. The predicted molar refractivity (Wildman–Crippen MR) is 129 cm³/mol. The summed E-state index contributed by atoms with van der Waals surface area (Å²) < 4.78 is 38.4. The molecule has 7 nitrogen and oxygen atoms in total. The van der Waals surface area contributed by atoms with Crippen molar-refractivity contribution in [2.24, 2.45) is 0 Å². The Bertz CT molecular complexity index is 1180. The van der Waals surface area contributed by atoms with Gasteiger partial charge in [-0.3, -0.25) is 9.10 Å². The summed E-state index contributed by atoms with van der Waals surface area (Å²) in [4.78, 5) is 12.7. The first-order valence-corrected chi connectivity index (χ1v) is 12.0. The van der Waals surface area contributed by atoms with Gasteiger partial charge in [0.1, 0.15) is 24.7 Å². The fourth-order valence-electron chi connectivity index (χ4n) is 3.00.